The average molecular weight is 460 g/mol. The molecule has 3 heterocycles. The average Bonchev–Trinajstić information content (AvgIpc) is 3.30. The van der Waals surface area contributed by atoms with Crippen molar-refractivity contribution in [2.75, 3.05) is 46.2 Å². The molecular weight excluding hydrogens is 426 g/mol. The third-order valence-corrected chi connectivity index (χ3v) is 6.46. The first-order valence-corrected chi connectivity index (χ1v) is 11.8. The molecule has 1 atom stereocenters. The van der Waals surface area contributed by atoms with E-state index in [4.69, 9.17) is 14.2 Å². The van der Waals surface area contributed by atoms with E-state index < -0.39 is 6.04 Å². The van der Waals surface area contributed by atoms with Crippen LogP contribution in [-0.4, -0.2) is 79.7 Å². The van der Waals surface area contributed by atoms with Gasteiger partial charge in [0.25, 0.3) is 5.91 Å². The SMILES string of the molecule is CC(C)CC(=O)N1CCC([C@@H](NC(=O)c2ccc3c(c2)OCO3)C(=O)N2CCOCC2)CC1. The molecule has 3 aliphatic rings. The second kappa shape index (κ2) is 10.4. The second-order valence-corrected chi connectivity index (χ2v) is 9.27. The molecule has 1 aromatic carbocycles. The molecule has 0 saturated carbocycles. The number of ether oxygens (including phenoxy) is 3. The lowest BCUT2D eigenvalue weighted by Crippen LogP contribution is -2.56. The molecule has 180 valence electrons. The van der Waals surface area contributed by atoms with E-state index in [1.165, 1.54) is 0 Å². The lowest BCUT2D eigenvalue weighted by atomic mass is 9.87. The second-order valence-electron chi connectivity index (χ2n) is 9.27. The van der Waals surface area contributed by atoms with Crippen molar-refractivity contribution in [1.82, 2.24) is 15.1 Å². The van der Waals surface area contributed by atoms with Gasteiger partial charge in [-0.15, -0.1) is 0 Å². The van der Waals surface area contributed by atoms with Gasteiger partial charge >= 0.3 is 0 Å². The Balaban J connectivity index is 1.46. The summed E-state index contributed by atoms with van der Waals surface area (Å²) in [6.45, 7) is 7.43. The molecule has 2 fully saturated rings. The molecule has 0 spiro atoms. The molecule has 33 heavy (non-hydrogen) atoms. The lowest BCUT2D eigenvalue weighted by Gasteiger charge is -2.38. The highest BCUT2D eigenvalue weighted by Crippen LogP contribution is 2.32. The van der Waals surface area contributed by atoms with Crippen molar-refractivity contribution in [3.05, 3.63) is 23.8 Å². The summed E-state index contributed by atoms with van der Waals surface area (Å²) in [7, 11) is 0. The molecule has 0 radical (unpaired) electrons. The Morgan fingerprint density at radius 1 is 1.00 bits per heavy atom. The standard InChI is InChI=1S/C24H33N3O6/c1-16(2)13-21(28)26-7-5-17(6-8-26)22(24(30)27-9-11-31-12-10-27)25-23(29)18-3-4-19-20(14-18)33-15-32-19/h3-4,14,16-17,22H,5-13,15H2,1-2H3,(H,25,29)/t22-/m1/s1. The van der Waals surface area contributed by atoms with Crippen molar-refractivity contribution in [3.63, 3.8) is 0 Å². The number of carbonyl (C=O) groups is 3. The summed E-state index contributed by atoms with van der Waals surface area (Å²) in [5.74, 6) is 1.15. The number of likely N-dealkylation sites (tertiary alicyclic amines) is 1. The number of piperidine rings is 1. The largest absolute Gasteiger partial charge is 0.454 e. The minimum absolute atomic E-state index is 0.0404. The zero-order valence-electron chi connectivity index (χ0n) is 19.4. The molecule has 2 saturated heterocycles. The fourth-order valence-electron chi connectivity index (χ4n) is 4.58. The summed E-state index contributed by atoms with van der Waals surface area (Å²) in [5, 5.41) is 3.00. The van der Waals surface area contributed by atoms with Gasteiger partial charge in [-0.25, -0.2) is 0 Å². The first kappa shape index (κ1) is 23.4. The fourth-order valence-corrected chi connectivity index (χ4v) is 4.58. The van der Waals surface area contributed by atoms with E-state index in [2.05, 4.69) is 5.32 Å². The quantitative estimate of drug-likeness (QED) is 0.695. The number of carbonyl (C=O) groups excluding carboxylic acids is 3. The molecule has 3 aliphatic heterocycles. The van der Waals surface area contributed by atoms with Crippen molar-refractivity contribution in [1.29, 1.82) is 0 Å². The first-order chi connectivity index (χ1) is 15.9. The number of benzene rings is 1. The Bertz CT molecular complexity index is 875. The van der Waals surface area contributed by atoms with Crippen LogP contribution in [0.15, 0.2) is 18.2 Å². The van der Waals surface area contributed by atoms with E-state index in [1.807, 2.05) is 18.7 Å². The van der Waals surface area contributed by atoms with Gasteiger partial charge in [0.1, 0.15) is 6.04 Å². The molecule has 0 bridgehead atoms. The highest BCUT2D eigenvalue weighted by atomic mass is 16.7. The first-order valence-electron chi connectivity index (χ1n) is 11.8. The Morgan fingerprint density at radius 3 is 2.39 bits per heavy atom. The summed E-state index contributed by atoms with van der Waals surface area (Å²) in [6.07, 6.45) is 1.87. The lowest BCUT2D eigenvalue weighted by molar-refractivity contribution is -0.139. The van der Waals surface area contributed by atoms with Gasteiger partial charge in [0.05, 0.1) is 13.2 Å². The van der Waals surface area contributed by atoms with Crippen LogP contribution >= 0.6 is 0 Å². The van der Waals surface area contributed by atoms with Crippen LogP contribution in [-0.2, 0) is 14.3 Å². The third kappa shape index (κ3) is 5.58. The maximum absolute atomic E-state index is 13.4. The molecule has 0 aromatic heterocycles. The summed E-state index contributed by atoms with van der Waals surface area (Å²) in [4.78, 5) is 42.7. The molecule has 0 aliphatic carbocycles. The van der Waals surface area contributed by atoms with Crippen molar-refractivity contribution in [2.45, 2.75) is 39.2 Å². The molecule has 9 heteroatoms. The molecule has 0 unspecified atom stereocenters. The van der Waals surface area contributed by atoms with Crippen molar-refractivity contribution in [3.8, 4) is 11.5 Å². The summed E-state index contributed by atoms with van der Waals surface area (Å²) in [6, 6.07) is 4.37. The predicted molar refractivity (Wildman–Crippen MR) is 120 cm³/mol. The van der Waals surface area contributed by atoms with E-state index >= 15 is 0 Å². The Kier molecular flexibility index (Phi) is 7.37. The van der Waals surface area contributed by atoms with E-state index in [-0.39, 0.29) is 30.4 Å². The van der Waals surface area contributed by atoms with Crippen LogP contribution in [0.5, 0.6) is 11.5 Å². The van der Waals surface area contributed by atoms with Crippen LogP contribution in [0.25, 0.3) is 0 Å². The van der Waals surface area contributed by atoms with Gasteiger partial charge in [-0.3, -0.25) is 14.4 Å². The van der Waals surface area contributed by atoms with Crippen LogP contribution < -0.4 is 14.8 Å². The van der Waals surface area contributed by atoms with Crippen LogP contribution in [0.4, 0.5) is 0 Å². The number of nitrogens with one attached hydrogen (secondary N) is 1. The van der Waals surface area contributed by atoms with Crippen molar-refractivity contribution in [2.24, 2.45) is 11.8 Å². The molecule has 9 nitrogen and oxygen atoms in total. The molecule has 4 rings (SSSR count). The number of morpholine rings is 1. The maximum atomic E-state index is 13.4. The number of fused-ring (bicyclic) bond motifs is 1. The van der Waals surface area contributed by atoms with Crippen LogP contribution in [0, 0.1) is 11.8 Å². The minimum Gasteiger partial charge on any atom is -0.454 e. The Morgan fingerprint density at radius 2 is 1.70 bits per heavy atom. The van der Waals surface area contributed by atoms with E-state index in [0.29, 0.717) is 81.6 Å². The molecule has 1 N–H and O–H groups in total. The van der Waals surface area contributed by atoms with Gasteiger partial charge in [0.15, 0.2) is 11.5 Å². The van der Waals surface area contributed by atoms with Gasteiger partial charge in [-0.05, 0) is 42.9 Å². The fraction of sp³-hybridized carbons (Fsp3) is 0.625. The monoisotopic (exact) mass is 459 g/mol. The number of hydrogen-bond acceptors (Lipinski definition) is 6. The van der Waals surface area contributed by atoms with Gasteiger partial charge in [-0.2, -0.15) is 0 Å². The number of nitrogens with zero attached hydrogens (tertiary/aromatic N) is 2. The molecule has 1 aromatic rings. The van der Waals surface area contributed by atoms with Gasteiger partial charge in [0.2, 0.25) is 18.6 Å². The highest BCUT2D eigenvalue weighted by Gasteiger charge is 2.36. The zero-order chi connectivity index (χ0) is 23.4. The smallest absolute Gasteiger partial charge is 0.252 e. The van der Waals surface area contributed by atoms with Crippen LogP contribution in [0.2, 0.25) is 0 Å². The van der Waals surface area contributed by atoms with Crippen molar-refractivity contribution >= 4 is 17.7 Å². The topological polar surface area (TPSA) is 97.4 Å². The predicted octanol–water partition coefficient (Wildman–Crippen LogP) is 1.66. The van der Waals surface area contributed by atoms with E-state index in [0.717, 1.165) is 0 Å². The Labute approximate surface area is 194 Å². The third-order valence-electron chi connectivity index (χ3n) is 6.46. The normalized spacial score (nSPS) is 19.5. The summed E-state index contributed by atoms with van der Waals surface area (Å²) >= 11 is 0. The minimum atomic E-state index is -0.650. The summed E-state index contributed by atoms with van der Waals surface area (Å²) < 4.78 is 16.1. The maximum Gasteiger partial charge on any atom is 0.252 e. The van der Waals surface area contributed by atoms with Crippen LogP contribution in [0.1, 0.15) is 43.5 Å². The van der Waals surface area contributed by atoms with E-state index in [9.17, 15) is 14.4 Å². The zero-order valence-corrected chi connectivity index (χ0v) is 19.4. The number of hydrogen-bond donors (Lipinski definition) is 1. The van der Waals surface area contributed by atoms with Gasteiger partial charge in [0, 0.05) is 38.2 Å². The number of amides is 3. The molecular formula is C24H33N3O6. The van der Waals surface area contributed by atoms with Crippen molar-refractivity contribution < 1.29 is 28.6 Å². The number of rotatable bonds is 6. The van der Waals surface area contributed by atoms with Gasteiger partial charge < -0.3 is 29.3 Å². The van der Waals surface area contributed by atoms with E-state index in [1.54, 1.807) is 23.1 Å². The van der Waals surface area contributed by atoms with Crippen LogP contribution in [0.3, 0.4) is 0 Å². The summed E-state index contributed by atoms with van der Waals surface area (Å²) in [5.41, 5.74) is 0.420. The van der Waals surface area contributed by atoms with Gasteiger partial charge in [-0.1, -0.05) is 13.8 Å². The molecule has 3 amide bonds. The Hall–Kier alpha value is -2.81. The highest BCUT2D eigenvalue weighted by molar-refractivity contribution is 5.98.